The van der Waals surface area contributed by atoms with Crippen molar-refractivity contribution < 1.29 is 4.79 Å². The molecule has 2 heterocycles. The summed E-state index contributed by atoms with van der Waals surface area (Å²) in [5.41, 5.74) is 9.10. The molecule has 1 aromatic carbocycles. The Kier molecular flexibility index (Phi) is 4.01. The number of hydrogen-bond acceptors (Lipinski definition) is 5. The van der Waals surface area contributed by atoms with Crippen LogP contribution in [0.2, 0.25) is 0 Å². The van der Waals surface area contributed by atoms with Gasteiger partial charge in [0.2, 0.25) is 0 Å². The monoisotopic (exact) mass is 308 g/mol. The molecule has 0 saturated carbocycles. The lowest BCUT2D eigenvalue weighted by Gasteiger charge is -2.07. The van der Waals surface area contributed by atoms with Crippen LogP contribution in [-0.4, -0.2) is 27.5 Å². The summed E-state index contributed by atoms with van der Waals surface area (Å²) < 4.78 is 0. The average Bonchev–Trinajstić information content (AvgIpc) is 2.54. The molecule has 2 amide bonds. The lowest BCUT2D eigenvalue weighted by Crippen LogP contribution is -2.28. The van der Waals surface area contributed by atoms with Crippen LogP contribution in [0.5, 0.6) is 0 Å². The number of urea groups is 1. The first-order chi connectivity index (χ1) is 11.2. The summed E-state index contributed by atoms with van der Waals surface area (Å²) in [6, 6.07) is 10.5. The van der Waals surface area contributed by atoms with E-state index >= 15 is 0 Å². The Bertz CT molecular complexity index is 864. The molecule has 0 aliphatic heterocycles. The molecule has 23 heavy (non-hydrogen) atoms. The van der Waals surface area contributed by atoms with Gasteiger partial charge in [-0.2, -0.15) is 0 Å². The molecule has 0 bridgehead atoms. The maximum absolute atomic E-state index is 11.6. The molecule has 4 N–H and O–H groups in total. The zero-order chi connectivity index (χ0) is 16.2. The number of nitrogen functional groups attached to an aromatic ring is 1. The van der Waals surface area contributed by atoms with Crippen LogP contribution in [0, 0.1) is 0 Å². The minimum atomic E-state index is -0.306. The Labute approximate surface area is 133 Å². The third-order valence-electron chi connectivity index (χ3n) is 3.17. The molecule has 0 fully saturated rings. The van der Waals surface area contributed by atoms with Crippen molar-refractivity contribution in [2.45, 2.75) is 6.92 Å². The third kappa shape index (κ3) is 3.34. The lowest BCUT2D eigenvalue weighted by atomic mass is 10.1. The van der Waals surface area contributed by atoms with Gasteiger partial charge < -0.3 is 11.1 Å². The second-order valence-electron chi connectivity index (χ2n) is 4.90. The second-order valence-corrected chi connectivity index (χ2v) is 4.90. The summed E-state index contributed by atoms with van der Waals surface area (Å²) in [6.07, 6.45) is 1.68. The van der Waals surface area contributed by atoms with E-state index in [0.717, 1.165) is 5.56 Å². The number of carbonyl (C=O) groups excluding carboxylic acids is 1. The molecule has 0 radical (unpaired) electrons. The van der Waals surface area contributed by atoms with Gasteiger partial charge in [0.15, 0.2) is 5.65 Å². The van der Waals surface area contributed by atoms with E-state index < -0.39 is 0 Å². The van der Waals surface area contributed by atoms with Crippen LogP contribution < -0.4 is 16.4 Å². The van der Waals surface area contributed by atoms with E-state index in [1.54, 1.807) is 18.3 Å². The number of hydrogen-bond donors (Lipinski definition) is 3. The van der Waals surface area contributed by atoms with Gasteiger partial charge in [-0.15, -0.1) is 0 Å². The minimum Gasteiger partial charge on any atom is -0.399 e. The summed E-state index contributed by atoms with van der Waals surface area (Å²) in [5, 5.41) is 5.30. The number of anilines is 2. The molecule has 7 heteroatoms. The predicted octanol–water partition coefficient (Wildman–Crippen LogP) is 2.42. The molecule has 0 unspecified atom stereocenters. The number of benzene rings is 1. The molecule has 0 aliphatic rings. The van der Waals surface area contributed by atoms with E-state index in [1.165, 1.54) is 0 Å². The smallest absolute Gasteiger partial charge is 0.320 e. The van der Waals surface area contributed by atoms with E-state index in [9.17, 15) is 4.79 Å². The topological polar surface area (TPSA) is 106 Å². The van der Waals surface area contributed by atoms with Gasteiger partial charge in [0, 0.05) is 17.8 Å². The molecule has 0 saturated heterocycles. The van der Waals surface area contributed by atoms with Gasteiger partial charge in [-0.1, -0.05) is 12.1 Å². The molecule has 0 aliphatic carbocycles. The van der Waals surface area contributed by atoms with Crippen molar-refractivity contribution in [2.75, 3.05) is 17.6 Å². The van der Waals surface area contributed by atoms with Crippen molar-refractivity contribution in [1.29, 1.82) is 0 Å². The maximum atomic E-state index is 11.6. The molecule has 0 spiro atoms. The van der Waals surface area contributed by atoms with Crippen LogP contribution in [0.4, 0.5) is 16.3 Å². The number of carbonyl (C=O) groups is 1. The molecule has 7 nitrogen and oxygen atoms in total. The first kappa shape index (κ1) is 14.7. The first-order valence-corrected chi connectivity index (χ1v) is 7.20. The second kappa shape index (κ2) is 6.27. The number of fused-ring (bicyclic) bond motifs is 1. The predicted molar refractivity (Wildman–Crippen MR) is 89.9 cm³/mol. The molecular formula is C16H16N6O. The highest BCUT2D eigenvalue weighted by atomic mass is 16.2. The number of nitrogens with two attached hydrogens (primary N) is 1. The normalized spacial score (nSPS) is 10.5. The fourth-order valence-electron chi connectivity index (χ4n) is 2.13. The van der Waals surface area contributed by atoms with Gasteiger partial charge in [0.1, 0.15) is 11.3 Å². The summed E-state index contributed by atoms with van der Waals surface area (Å²) in [7, 11) is 0. The van der Waals surface area contributed by atoms with E-state index in [-0.39, 0.29) is 6.03 Å². The number of rotatable bonds is 3. The highest BCUT2D eigenvalue weighted by Gasteiger charge is 2.07. The van der Waals surface area contributed by atoms with Gasteiger partial charge in [-0.25, -0.2) is 14.8 Å². The Morgan fingerprint density at radius 1 is 1.22 bits per heavy atom. The molecule has 0 atom stereocenters. The third-order valence-corrected chi connectivity index (χ3v) is 3.17. The zero-order valence-corrected chi connectivity index (χ0v) is 12.6. The molecule has 116 valence electrons. The lowest BCUT2D eigenvalue weighted by molar-refractivity contribution is 0.252. The minimum absolute atomic E-state index is 0.306. The molecular weight excluding hydrogens is 292 g/mol. The van der Waals surface area contributed by atoms with Crippen molar-refractivity contribution in [3.63, 3.8) is 0 Å². The van der Waals surface area contributed by atoms with E-state index in [0.29, 0.717) is 34.9 Å². The Hall–Kier alpha value is -3.22. The van der Waals surface area contributed by atoms with E-state index in [2.05, 4.69) is 25.6 Å². The van der Waals surface area contributed by atoms with E-state index in [4.69, 9.17) is 5.73 Å². The van der Waals surface area contributed by atoms with Crippen LogP contribution in [-0.2, 0) is 0 Å². The van der Waals surface area contributed by atoms with Crippen molar-refractivity contribution in [1.82, 2.24) is 20.3 Å². The number of nitrogens with zero attached hydrogens (tertiary/aromatic N) is 3. The number of nitrogens with one attached hydrogen (secondary N) is 2. The quantitative estimate of drug-likeness (QED) is 0.644. The standard InChI is InChI=1S/C16H16N6O/c1-2-18-16(23)22-14-7-6-12-15(21-14)20-13(9-19-12)10-4-3-5-11(17)8-10/h3-9H,2,17H2,1H3,(H2,18,20,21,22,23). The molecule has 3 rings (SSSR count). The fourth-order valence-corrected chi connectivity index (χ4v) is 2.13. The van der Waals surface area contributed by atoms with Crippen LogP contribution in [0.1, 0.15) is 6.92 Å². The number of amides is 2. The fraction of sp³-hybridized carbons (Fsp3) is 0.125. The van der Waals surface area contributed by atoms with Gasteiger partial charge in [-0.3, -0.25) is 10.3 Å². The first-order valence-electron chi connectivity index (χ1n) is 7.20. The van der Waals surface area contributed by atoms with Gasteiger partial charge >= 0.3 is 6.03 Å². The Morgan fingerprint density at radius 2 is 2.09 bits per heavy atom. The summed E-state index contributed by atoms with van der Waals surface area (Å²) in [4.78, 5) is 24.7. The number of pyridine rings is 1. The highest BCUT2D eigenvalue weighted by molar-refractivity contribution is 5.89. The summed E-state index contributed by atoms with van der Waals surface area (Å²) in [5.74, 6) is 0.419. The maximum Gasteiger partial charge on any atom is 0.320 e. The molecule has 2 aromatic heterocycles. The van der Waals surface area contributed by atoms with Crippen molar-refractivity contribution in [3.8, 4) is 11.3 Å². The SMILES string of the molecule is CCNC(=O)Nc1ccc2ncc(-c3cccc(N)c3)nc2n1. The zero-order valence-electron chi connectivity index (χ0n) is 12.6. The van der Waals surface area contributed by atoms with Crippen molar-refractivity contribution >= 4 is 28.7 Å². The summed E-state index contributed by atoms with van der Waals surface area (Å²) >= 11 is 0. The van der Waals surface area contributed by atoms with Crippen molar-refractivity contribution in [3.05, 3.63) is 42.6 Å². The van der Waals surface area contributed by atoms with Crippen molar-refractivity contribution in [2.24, 2.45) is 0 Å². The van der Waals surface area contributed by atoms with Crippen LogP contribution in [0.15, 0.2) is 42.6 Å². The average molecular weight is 308 g/mol. The van der Waals surface area contributed by atoms with Crippen LogP contribution in [0.3, 0.4) is 0 Å². The van der Waals surface area contributed by atoms with Gasteiger partial charge in [0.05, 0.1) is 11.9 Å². The Morgan fingerprint density at radius 3 is 2.87 bits per heavy atom. The number of aromatic nitrogens is 3. The van der Waals surface area contributed by atoms with E-state index in [1.807, 2.05) is 31.2 Å². The van der Waals surface area contributed by atoms with Gasteiger partial charge in [0.25, 0.3) is 0 Å². The molecule has 3 aromatic rings. The van der Waals surface area contributed by atoms with Crippen LogP contribution >= 0.6 is 0 Å². The van der Waals surface area contributed by atoms with Gasteiger partial charge in [-0.05, 0) is 31.2 Å². The summed E-state index contributed by atoms with van der Waals surface area (Å²) in [6.45, 7) is 2.38. The Balaban J connectivity index is 1.96. The largest absolute Gasteiger partial charge is 0.399 e. The highest BCUT2D eigenvalue weighted by Crippen LogP contribution is 2.21. The van der Waals surface area contributed by atoms with Crippen LogP contribution in [0.25, 0.3) is 22.4 Å².